The highest BCUT2D eigenvalue weighted by molar-refractivity contribution is 5.92. The first-order valence-corrected chi connectivity index (χ1v) is 8.69. The van der Waals surface area contributed by atoms with E-state index in [9.17, 15) is 9.59 Å². The lowest BCUT2D eigenvalue weighted by Crippen LogP contribution is -2.60. The Morgan fingerprint density at radius 2 is 2.08 bits per heavy atom. The van der Waals surface area contributed by atoms with Gasteiger partial charge in [-0.3, -0.25) is 9.59 Å². The molecule has 2 aliphatic rings. The number of carbonyl (C=O) groups is 2. The van der Waals surface area contributed by atoms with E-state index in [1.807, 2.05) is 33.7 Å². The molecule has 3 heterocycles. The van der Waals surface area contributed by atoms with Gasteiger partial charge < -0.3 is 14.8 Å². The van der Waals surface area contributed by atoms with E-state index in [1.165, 1.54) is 0 Å². The maximum atomic E-state index is 12.8. The van der Waals surface area contributed by atoms with Crippen LogP contribution in [0, 0.1) is 0 Å². The van der Waals surface area contributed by atoms with Crippen LogP contribution in [0.25, 0.3) is 11.0 Å². The van der Waals surface area contributed by atoms with Gasteiger partial charge in [0, 0.05) is 26.1 Å². The number of piperidine rings is 1. The van der Waals surface area contributed by atoms with Crippen molar-refractivity contribution in [3.05, 3.63) is 30.6 Å². The lowest BCUT2D eigenvalue weighted by atomic mass is 9.86. The number of aromatic nitrogens is 2. The zero-order chi connectivity index (χ0) is 16.6. The first-order valence-electron chi connectivity index (χ1n) is 8.69. The van der Waals surface area contributed by atoms with Crippen LogP contribution in [0.3, 0.4) is 0 Å². The van der Waals surface area contributed by atoms with Gasteiger partial charge >= 0.3 is 0 Å². The number of nitrogens with zero attached hydrogens (tertiary/aromatic N) is 3. The molecule has 2 aliphatic heterocycles. The highest BCUT2D eigenvalue weighted by Crippen LogP contribution is 2.36. The van der Waals surface area contributed by atoms with E-state index in [1.54, 1.807) is 6.33 Å². The topological polar surface area (TPSA) is 67.2 Å². The van der Waals surface area contributed by atoms with Crippen LogP contribution in [-0.4, -0.2) is 44.9 Å². The highest BCUT2D eigenvalue weighted by atomic mass is 16.2. The van der Waals surface area contributed by atoms with Crippen molar-refractivity contribution in [2.45, 2.75) is 44.2 Å². The number of para-hydroxylation sites is 2. The van der Waals surface area contributed by atoms with Gasteiger partial charge in [0.25, 0.3) is 0 Å². The molecule has 0 saturated carbocycles. The van der Waals surface area contributed by atoms with Crippen molar-refractivity contribution >= 4 is 22.8 Å². The second-order valence-corrected chi connectivity index (χ2v) is 6.72. The SMILES string of the molecule is O=C(CCn1cnc2ccccc21)N1CCCC12CCCNC2=O. The number of aryl methyl sites for hydroxylation is 1. The molecular formula is C18H22N4O2. The van der Waals surface area contributed by atoms with Gasteiger partial charge in [0.2, 0.25) is 11.8 Å². The van der Waals surface area contributed by atoms with Gasteiger partial charge in [-0.1, -0.05) is 12.1 Å². The van der Waals surface area contributed by atoms with E-state index in [-0.39, 0.29) is 11.8 Å². The fourth-order valence-electron chi connectivity index (χ4n) is 4.14. The minimum absolute atomic E-state index is 0.0349. The lowest BCUT2D eigenvalue weighted by molar-refractivity contribution is -0.147. The molecule has 2 aromatic rings. The summed E-state index contributed by atoms with van der Waals surface area (Å²) in [5.74, 6) is 0.106. The van der Waals surface area contributed by atoms with E-state index >= 15 is 0 Å². The Bertz CT molecular complexity index is 784. The van der Waals surface area contributed by atoms with E-state index < -0.39 is 5.54 Å². The summed E-state index contributed by atoms with van der Waals surface area (Å²) < 4.78 is 2.01. The van der Waals surface area contributed by atoms with Crippen molar-refractivity contribution in [2.24, 2.45) is 0 Å². The maximum absolute atomic E-state index is 12.8. The summed E-state index contributed by atoms with van der Waals surface area (Å²) in [7, 11) is 0. The molecule has 1 N–H and O–H groups in total. The van der Waals surface area contributed by atoms with Crippen molar-refractivity contribution < 1.29 is 9.59 Å². The normalized spacial score (nSPS) is 23.8. The van der Waals surface area contributed by atoms with Crippen LogP contribution in [-0.2, 0) is 16.1 Å². The maximum Gasteiger partial charge on any atom is 0.245 e. The van der Waals surface area contributed by atoms with Crippen molar-refractivity contribution in [3.8, 4) is 0 Å². The second-order valence-electron chi connectivity index (χ2n) is 6.72. The average molecular weight is 326 g/mol. The van der Waals surface area contributed by atoms with Gasteiger partial charge in [-0.2, -0.15) is 0 Å². The summed E-state index contributed by atoms with van der Waals surface area (Å²) >= 11 is 0. The van der Waals surface area contributed by atoms with Crippen LogP contribution >= 0.6 is 0 Å². The van der Waals surface area contributed by atoms with E-state index in [0.29, 0.717) is 19.5 Å². The van der Waals surface area contributed by atoms with Gasteiger partial charge in [-0.15, -0.1) is 0 Å². The van der Waals surface area contributed by atoms with Gasteiger partial charge in [0.05, 0.1) is 17.4 Å². The highest BCUT2D eigenvalue weighted by Gasteiger charge is 2.50. The summed E-state index contributed by atoms with van der Waals surface area (Å²) in [5.41, 5.74) is 1.39. The third-order valence-electron chi connectivity index (χ3n) is 5.36. The molecule has 4 rings (SSSR count). The molecular weight excluding hydrogens is 304 g/mol. The third kappa shape index (κ3) is 2.37. The van der Waals surface area contributed by atoms with Crippen molar-refractivity contribution in [1.82, 2.24) is 19.8 Å². The molecule has 2 amide bonds. The van der Waals surface area contributed by atoms with Crippen LogP contribution in [0.1, 0.15) is 32.1 Å². The molecule has 2 saturated heterocycles. The molecule has 1 aromatic carbocycles. The Balaban J connectivity index is 1.49. The Kier molecular flexibility index (Phi) is 3.75. The van der Waals surface area contributed by atoms with E-state index in [0.717, 1.165) is 43.3 Å². The van der Waals surface area contributed by atoms with E-state index in [2.05, 4.69) is 10.3 Å². The molecule has 1 unspecified atom stereocenters. The molecule has 126 valence electrons. The fourth-order valence-corrected chi connectivity index (χ4v) is 4.14. The molecule has 1 aromatic heterocycles. The zero-order valence-electron chi connectivity index (χ0n) is 13.7. The largest absolute Gasteiger partial charge is 0.354 e. The van der Waals surface area contributed by atoms with Crippen molar-refractivity contribution in [3.63, 3.8) is 0 Å². The monoisotopic (exact) mass is 326 g/mol. The summed E-state index contributed by atoms with van der Waals surface area (Å²) in [4.78, 5) is 31.4. The summed E-state index contributed by atoms with van der Waals surface area (Å²) in [6.45, 7) is 2.01. The summed E-state index contributed by atoms with van der Waals surface area (Å²) in [6, 6.07) is 7.92. The number of carbonyl (C=O) groups excluding carboxylic acids is 2. The number of amides is 2. The van der Waals surface area contributed by atoms with Crippen LogP contribution < -0.4 is 5.32 Å². The number of likely N-dealkylation sites (tertiary alicyclic amines) is 1. The zero-order valence-corrected chi connectivity index (χ0v) is 13.7. The molecule has 1 spiro atoms. The van der Waals surface area contributed by atoms with Crippen LogP contribution in [0.5, 0.6) is 0 Å². The Hall–Kier alpha value is -2.37. The van der Waals surface area contributed by atoms with Gasteiger partial charge in [-0.05, 0) is 37.8 Å². The number of imidazole rings is 1. The number of hydrogen-bond acceptors (Lipinski definition) is 3. The van der Waals surface area contributed by atoms with Gasteiger partial charge in [0.15, 0.2) is 0 Å². The predicted molar refractivity (Wildman–Crippen MR) is 90.3 cm³/mol. The lowest BCUT2D eigenvalue weighted by Gasteiger charge is -2.40. The number of fused-ring (bicyclic) bond motifs is 1. The van der Waals surface area contributed by atoms with Gasteiger partial charge in [-0.25, -0.2) is 4.98 Å². The van der Waals surface area contributed by atoms with Crippen LogP contribution in [0.4, 0.5) is 0 Å². The first kappa shape index (κ1) is 15.2. The summed E-state index contributed by atoms with van der Waals surface area (Å²) in [6.07, 6.45) is 5.62. The minimum Gasteiger partial charge on any atom is -0.354 e. The van der Waals surface area contributed by atoms with Crippen LogP contribution in [0.2, 0.25) is 0 Å². The molecule has 2 fully saturated rings. The standard InChI is InChI=1S/C18H22N4O2/c23-16(7-12-21-13-20-14-5-1-2-6-15(14)21)22-11-4-9-18(22)8-3-10-19-17(18)24/h1-2,5-6,13H,3-4,7-12H2,(H,19,24). The Labute approximate surface area is 140 Å². The molecule has 0 aliphatic carbocycles. The molecule has 6 heteroatoms. The second kappa shape index (κ2) is 5.92. The number of hydrogen-bond donors (Lipinski definition) is 1. The first-order chi connectivity index (χ1) is 11.7. The minimum atomic E-state index is -0.591. The molecule has 6 nitrogen and oxygen atoms in total. The quantitative estimate of drug-likeness (QED) is 0.933. The summed E-state index contributed by atoms with van der Waals surface area (Å²) in [5, 5.41) is 2.95. The number of rotatable bonds is 3. The predicted octanol–water partition coefficient (Wildman–Crippen LogP) is 1.70. The third-order valence-corrected chi connectivity index (χ3v) is 5.36. The number of benzene rings is 1. The Morgan fingerprint density at radius 3 is 2.96 bits per heavy atom. The van der Waals surface area contributed by atoms with Gasteiger partial charge in [0.1, 0.15) is 5.54 Å². The smallest absolute Gasteiger partial charge is 0.245 e. The fraction of sp³-hybridized carbons (Fsp3) is 0.500. The van der Waals surface area contributed by atoms with Crippen molar-refractivity contribution in [1.29, 1.82) is 0 Å². The Morgan fingerprint density at radius 1 is 1.25 bits per heavy atom. The number of nitrogens with one attached hydrogen (secondary N) is 1. The average Bonchev–Trinajstić information content (AvgIpc) is 3.21. The van der Waals surface area contributed by atoms with Crippen LogP contribution in [0.15, 0.2) is 30.6 Å². The molecule has 0 radical (unpaired) electrons. The molecule has 1 atom stereocenters. The van der Waals surface area contributed by atoms with Crippen molar-refractivity contribution in [2.75, 3.05) is 13.1 Å². The van der Waals surface area contributed by atoms with E-state index in [4.69, 9.17) is 0 Å². The molecule has 0 bridgehead atoms. The molecule has 24 heavy (non-hydrogen) atoms.